The summed E-state index contributed by atoms with van der Waals surface area (Å²) >= 11 is 0. The number of ether oxygens (including phenoxy) is 2. The van der Waals surface area contributed by atoms with E-state index in [0.29, 0.717) is 19.1 Å². The number of benzene rings is 3. The lowest BCUT2D eigenvalue weighted by molar-refractivity contribution is -0.205. The van der Waals surface area contributed by atoms with Crippen molar-refractivity contribution in [2.75, 3.05) is 13.2 Å². The fourth-order valence-corrected chi connectivity index (χ4v) is 3.42. The minimum atomic E-state index is -0.308. The molecule has 2 nitrogen and oxygen atoms in total. The predicted octanol–water partition coefficient (Wildman–Crippen LogP) is 6.01. The predicted molar refractivity (Wildman–Crippen MR) is 114 cm³/mol. The van der Waals surface area contributed by atoms with E-state index >= 15 is 0 Å². The maximum absolute atomic E-state index is 13.3. The van der Waals surface area contributed by atoms with Gasteiger partial charge in [0.05, 0.1) is 13.2 Å². The molecule has 3 aromatic carbocycles. The third kappa shape index (κ3) is 4.92. The molecule has 0 unspecified atom stereocenters. The van der Waals surface area contributed by atoms with Crippen molar-refractivity contribution in [3.05, 3.63) is 95.8 Å². The maximum atomic E-state index is 13.3. The lowest BCUT2D eigenvalue weighted by Crippen LogP contribution is -2.26. The van der Waals surface area contributed by atoms with Gasteiger partial charge in [0.15, 0.2) is 6.29 Å². The van der Waals surface area contributed by atoms with Crippen LogP contribution < -0.4 is 0 Å². The second-order valence-electron chi connectivity index (χ2n) is 7.31. The Morgan fingerprint density at radius 1 is 0.897 bits per heavy atom. The average molecular weight is 386 g/mol. The summed E-state index contributed by atoms with van der Waals surface area (Å²) in [5, 5.41) is 1.85. The first kappa shape index (κ1) is 19.4. The Balaban J connectivity index is 1.40. The molecule has 1 heterocycles. The van der Waals surface area contributed by atoms with Crippen molar-refractivity contribution < 1.29 is 13.9 Å². The molecule has 0 saturated carbocycles. The number of hydrogen-bond acceptors (Lipinski definition) is 2. The number of fused-ring (bicyclic) bond motifs is 1. The first-order chi connectivity index (χ1) is 14.2. The zero-order valence-electron chi connectivity index (χ0n) is 16.2. The first-order valence-corrected chi connectivity index (χ1v) is 9.87. The summed E-state index contributed by atoms with van der Waals surface area (Å²) in [5.74, 6) is 6.57. The Hall–Kier alpha value is -2.93. The Morgan fingerprint density at radius 3 is 2.31 bits per heavy atom. The van der Waals surface area contributed by atoms with Crippen molar-refractivity contribution in [2.24, 2.45) is 5.92 Å². The molecule has 146 valence electrons. The van der Waals surface area contributed by atoms with Gasteiger partial charge < -0.3 is 9.47 Å². The Labute approximate surface area is 171 Å². The van der Waals surface area contributed by atoms with Crippen molar-refractivity contribution in [2.45, 2.75) is 19.1 Å². The number of hydrogen-bond donors (Lipinski definition) is 0. The van der Waals surface area contributed by atoms with Crippen LogP contribution in [0.5, 0.6) is 0 Å². The van der Waals surface area contributed by atoms with Crippen LogP contribution in [0.2, 0.25) is 0 Å². The SMILES string of the molecule is C=CCCC1COC(c2ccc(C#Cc3ccc4cc(F)ccc4c3)cc2)OC1. The Bertz CT molecular complexity index is 1050. The highest BCUT2D eigenvalue weighted by molar-refractivity contribution is 5.83. The van der Waals surface area contributed by atoms with Gasteiger partial charge in [0.2, 0.25) is 0 Å². The van der Waals surface area contributed by atoms with Crippen LogP contribution >= 0.6 is 0 Å². The molecule has 0 radical (unpaired) electrons. The molecule has 1 saturated heterocycles. The van der Waals surface area contributed by atoms with Crippen molar-refractivity contribution in [3.63, 3.8) is 0 Å². The first-order valence-electron chi connectivity index (χ1n) is 9.87. The van der Waals surface area contributed by atoms with Crippen molar-refractivity contribution in [1.82, 2.24) is 0 Å². The van der Waals surface area contributed by atoms with Crippen LogP contribution in [0.25, 0.3) is 10.8 Å². The zero-order valence-corrected chi connectivity index (χ0v) is 16.2. The van der Waals surface area contributed by atoms with Gasteiger partial charge in [0.1, 0.15) is 5.82 Å². The maximum Gasteiger partial charge on any atom is 0.183 e. The lowest BCUT2D eigenvalue weighted by Gasteiger charge is -2.29. The molecule has 3 aromatic rings. The molecule has 0 bridgehead atoms. The van der Waals surface area contributed by atoms with Crippen LogP contribution in [0.3, 0.4) is 0 Å². The van der Waals surface area contributed by atoms with E-state index in [1.54, 1.807) is 6.07 Å². The number of rotatable bonds is 4. The highest BCUT2D eigenvalue weighted by Gasteiger charge is 2.22. The van der Waals surface area contributed by atoms with Gasteiger partial charge in [-0.2, -0.15) is 0 Å². The van der Waals surface area contributed by atoms with Crippen LogP contribution in [0.15, 0.2) is 73.3 Å². The molecule has 4 rings (SSSR count). The van der Waals surface area contributed by atoms with Gasteiger partial charge in [-0.25, -0.2) is 4.39 Å². The van der Waals surface area contributed by atoms with Gasteiger partial charge in [-0.3, -0.25) is 0 Å². The van der Waals surface area contributed by atoms with Crippen LogP contribution in [0.1, 0.15) is 35.8 Å². The molecular weight excluding hydrogens is 363 g/mol. The van der Waals surface area contributed by atoms with Gasteiger partial charge in [0, 0.05) is 22.6 Å². The summed E-state index contributed by atoms with van der Waals surface area (Å²) in [4.78, 5) is 0. The van der Waals surface area contributed by atoms with E-state index in [1.165, 1.54) is 12.1 Å². The minimum absolute atomic E-state index is 0.227. The van der Waals surface area contributed by atoms with E-state index in [-0.39, 0.29) is 12.1 Å². The van der Waals surface area contributed by atoms with Crippen molar-refractivity contribution in [3.8, 4) is 11.8 Å². The molecular formula is C26H23FO2. The van der Waals surface area contributed by atoms with E-state index in [9.17, 15) is 4.39 Å². The number of halogens is 1. The Morgan fingerprint density at radius 2 is 1.55 bits per heavy atom. The Kier molecular flexibility index (Phi) is 6.05. The fourth-order valence-electron chi connectivity index (χ4n) is 3.42. The van der Waals surface area contributed by atoms with Crippen molar-refractivity contribution >= 4 is 10.8 Å². The third-order valence-electron chi connectivity index (χ3n) is 5.08. The molecule has 29 heavy (non-hydrogen) atoms. The van der Waals surface area contributed by atoms with Gasteiger partial charge in [-0.15, -0.1) is 6.58 Å². The summed E-state index contributed by atoms with van der Waals surface area (Å²) in [5.41, 5.74) is 2.83. The molecule has 0 aromatic heterocycles. The molecule has 0 spiro atoms. The van der Waals surface area contributed by atoms with Crippen LogP contribution in [-0.4, -0.2) is 13.2 Å². The summed E-state index contributed by atoms with van der Waals surface area (Å²) in [6.07, 6.45) is 3.67. The highest BCUT2D eigenvalue weighted by atomic mass is 19.1. The summed E-state index contributed by atoms with van der Waals surface area (Å²) < 4.78 is 25.0. The molecule has 1 aliphatic rings. The molecule has 0 amide bonds. The molecule has 0 N–H and O–H groups in total. The van der Waals surface area contributed by atoms with Gasteiger partial charge in [-0.05, 0) is 60.0 Å². The minimum Gasteiger partial charge on any atom is -0.348 e. The normalized spacial score (nSPS) is 18.8. The van der Waals surface area contributed by atoms with Crippen LogP contribution in [0, 0.1) is 23.6 Å². The molecule has 0 aliphatic carbocycles. The second kappa shape index (κ2) is 9.05. The van der Waals surface area contributed by atoms with Crippen LogP contribution in [0.4, 0.5) is 4.39 Å². The molecule has 1 aliphatic heterocycles. The van der Waals surface area contributed by atoms with Gasteiger partial charge in [0.25, 0.3) is 0 Å². The third-order valence-corrected chi connectivity index (χ3v) is 5.08. The monoisotopic (exact) mass is 386 g/mol. The van der Waals surface area contributed by atoms with Gasteiger partial charge >= 0.3 is 0 Å². The smallest absolute Gasteiger partial charge is 0.183 e. The van der Waals surface area contributed by atoms with E-state index in [0.717, 1.165) is 40.3 Å². The van der Waals surface area contributed by atoms with Gasteiger partial charge in [-0.1, -0.05) is 42.2 Å². The summed E-state index contributed by atoms with van der Waals surface area (Å²) in [7, 11) is 0. The standard InChI is InChI=1S/C26H23FO2/c1-2-3-4-21-17-28-26(29-18-21)22-10-7-19(8-11-22)5-6-20-9-12-24-16-25(27)14-13-23(24)15-20/h2,7-16,21,26H,1,3-4,17-18H2. The van der Waals surface area contributed by atoms with E-state index in [4.69, 9.17) is 9.47 Å². The van der Waals surface area contributed by atoms with E-state index < -0.39 is 0 Å². The second-order valence-corrected chi connectivity index (χ2v) is 7.31. The number of allylic oxidation sites excluding steroid dienone is 1. The summed E-state index contributed by atoms with van der Waals surface area (Å²) in [6, 6.07) is 18.5. The van der Waals surface area contributed by atoms with E-state index in [2.05, 4.69) is 18.4 Å². The van der Waals surface area contributed by atoms with Crippen molar-refractivity contribution in [1.29, 1.82) is 0 Å². The topological polar surface area (TPSA) is 18.5 Å². The zero-order chi connectivity index (χ0) is 20.1. The van der Waals surface area contributed by atoms with E-state index in [1.807, 2.05) is 48.5 Å². The quantitative estimate of drug-likeness (QED) is 0.404. The molecule has 0 atom stereocenters. The summed E-state index contributed by atoms with van der Waals surface area (Å²) in [6.45, 7) is 5.19. The molecule has 1 fully saturated rings. The fraction of sp³-hybridized carbons (Fsp3) is 0.231. The lowest BCUT2D eigenvalue weighted by atomic mass is 10.0. The highest BCUT2D eigenvalue weighted by Crippen LogP contribution is 2.27. The van der Waals surface area contributed by atoms with Crippen LogP contribution in [-0.2, 0) is 9.47 Å². The average Bonchev–Trinajstić information content (AvgIpc) is 2.77. The largest absolute Gasteiger partial charge is 0.348 e. The molecule has 3 heteroatoms.